The third-order valence-electron chi connectivity index (χ3n) is 6.19. The SMILES string of the molecule is CCC1(CO)CCN(C(=O)NCC2(Cc3ccccc3)CC2)CC1. The van der Waals surface area contributed by atoms with Crippen molar-refractivity contribution in [2.45, 2.75) is 45.4 Å². The van der Waals surface area contributed by atoms with Crippen molar-refractivity contribution in [1.82, 2.24) is 10.2 Å². The van der Waals surface area contributed by atoms with Crippen LogP contribution in [-0.4, -0.2) is 42.3 Å². The molecule has 1 saturated heterocycles. The number of carbonyl (C=O) groups is 1. The maximum atomic E-state index is 12.5. The van der Waals surface area contributed by atoms with Gasteiger partial charge in [-0.25, -0.2) is 4.79 Å². The first-order chi connectivity index (χ1) is 11.6. The van der Waals surface area contributed by atoms with Crippen LogP contribution in [0.3, 0.4) is 0 Å². The molecule has 1 aliphatic carbocycles. The molecule has 0 bridgehead atoms. The van der Waals surface area contributed by atoms with Gasteiger partial charge in [0.1, 0.15) is 0 Å². The summed E-state index contributed by atoms with van der Waals surface area (Å²) in [5.74, 6) is 0. The molecule has 0 atom stereocenters. The van der Waals surface area contributed by atoms with Crippen LogP contribution in [0.25, 0.3) is 0 Å². The third kappa shape index (κ3) is 3.92. The van der Waals surface area contributed by atoms with Gasteiger partial charge in [-0.2, -0.15) is 0 Å². The molecule has 1 aromatic rings. The van der Waals surface area contributed by atoms with E-state index < -0.39 is 0 Å². The number of nitrogens with zero attached hydrogens (tertiary/aromatic N) is 1. The molecule has 2 fully saturated rings. The fourth-order valence-electron chi connectivity index (χ4n) is 3.80. The lowest BCUT2D eigenvalue weighted by atomic mass is 9.77. The average molecular weight is 330 g/mol. The van der Waals surface area contributed by atoms with Crippen LogP contribution in [-0.2, 0) is 6.42 Å². The van der Waals surface area contributed by atoms with Gasteiger partial charge in [-0.1, -0.05) is 37.3 Å². The Morgan fingerprint density at radius 2 is 1.79 bits per heavy atom. The molecular formula is C20H30N2O2. The molecule has 4 nitrogen and oxygen atoms in total. The van der Waals surface area contributed by atoms with Crippen molar-refractivity contribution in [3.05, 3.63) is 35.9 Å². The van der Waals surface area contributed by atoms with Gasteiger partial charge >= 0.3 is 6.03 Å². The van der Waals surface area contributed by atoms with Crippen molar-refractivity contribution in [3.63, 3.8) is 0 Å². The first kappa shape index (κ1) is 17.3. The number of rotatable bonds is 6. The number of aliphatic hydroxyl groups is 1. The van der Waals surface area contributed by atoms with Gasteiger partial charge in [0, 0.05) is 26.2 Å². The molecule has 2 N–H and O–H groups in total. The van der Waals surface area contributed by atoms with Gasteiger partial charge in [-0.3, -0.25) is 0 Å². The second-order valence-electron chi connectivity index (χ2n) is 7.82. The molecule has 0 radical (unpaired) electrons. The normalized spacial score (nSPS) is 21.3. The Labute approximate surface area is 145 Å². The minimum absolute atomic E-state index is 0.0296. The van der Waals surface area contributed by atoms with Gasteiger partial charge in [0.15, 0.2) is 0 Å². The summed E-state index contributed by atoms with van der Waals surface area (Å²) in [5, 5.41) is 12.8. The molecule has 0 unspecified atom stereocenters. The van der Waals surface area contributed by atoms with Crippen molar-refractivity contribution in [1.29, 1.82) is 0 Å². The van der Waals surface area contributed by atoms with E-state index in [0.717, 1.165) is 45.3 Å². The van der Waals surface area contributed by atoms with E-state index in [2.05, 4.69) is 36.5 Å². The average Bonchev–Trinajstić information content (AvgIpc) is 3.40. The Morgan fingerprint density at radius 1 is 1.12 bits per heavy atom. The standard InChI is InChI=1S/C20H30N2O2/c1-2-19(16-23)10-12-22(13-11-19)18(24)21-15-20(8-9-20)14-17-6-4-3-5-7-17/h3-7,23H,2,8-16H2,1H3,(H,21,24). The van der Waals surface area contributed by atoms with Crippen LogP contribution >= 0.6 is 0 Å². The summed E-state index contributed by atoms with van der Waals surface area (Å²) in [4.78, 5) is 14.4. The first-order valence-corrected chi connectivity index (χ1v) is 9.28. The lowest BCUT2D eigenvalue weighted by Crippen LogP contribution is -2.49. The molecule has 0 aromatic heterocycles. The fraction of sp³-hybridized carbons (Fsp3) is 0.650. The zero-order chi connectivity index (χ0) is 17.0. The number of piperidine rings is 1. The van der Waals surface area contributed by atoms with Gasteiger partial charge in [-0.05, 0) is 54.9 Å². The summed E-state index contributed by atoms with van der Waals surface area (Å²) in [6, 6.07) is 10.6. The summed E-state index contributed by atoms with van der Waals surface area (Å²) >= 11 is 0. The van der Waals surface area contributed by atoms with E-state index in [9.17, 15) is 9.90 Å². The van der Waals surface area contributed by atoms with E-state index in [4.69, 9.17) is 0 Å². The maximum absolute atomic E-state index is 12.5. The van der Waals surface area contributed by atoms with Crippen LogP contribution in [0.2, 0.25) is 0 Å². The molecule has 1 aliphatic heterocycles. The fourth-order valence-corrected chi connectivity index (χ4v) is 3.80. The number of urea groups is 1. The van der Waals surface area contributed by atoms with Crippen LogP contribution in [0.15, 0.2) is 30.3 Å². The van der Waals surface area contributed by atoms with Gasteiger partial charge in [0.05, 0.1) is 0 Å². The van der Waals surface area contributed by atoms with Crippen LogP contribution in [0, 0.1) is 10.8 Å². The minimum Gasteiger partial charge on any atom is -0.396 e. The summed E-state index contributed by atoms with van der Waals surface area (Å²) in [6.07, 6.45) is 6.25. The molecule has 0 spiro atoms. The molecule has 4 heteroatoms. The van der Waals surface area contributed by atoms with Gasteiger partial charge < -0.3 is 15.3 Å². The molecule has 1 heterocycles. The zero-order valence-electron chi connectivity index (χ0n) is 14.8. The van der Waals surface area contributed by atoms with Crippen molar-refractivity contribution < 1.29 is 9.90 Å². The minimum atomic E-state index is 0.0296. The summed E-state index contributed by atoms with van der Waals surface area (Å²) in [5.41, 5.74) is 1.66. The molecular weight excluding hydrogens is 300 g/mol. The van der Waals surface area contributed by atoms with E-state index in [0.29, 0.717) is 0 Å². The van der Waals surface area contributed by atoms with Crippen molar-refractivity contribution in [2.75, 3.05) is 26.2 Å². The molecule has 1 saturated carbocycles. The Kier molecular flexibility index (Phi) is 5.14. The predicted octanol–water partition coefficient (Wildman–Crippen LogP) is 3.20. The van der Waals surface area contributed by atoms with E-state index in [-0.39, 0.29) is 23.5 Å². The lowest BCUT2D eigenvalue weighted by Gasteiger charge is -2.40. The van der Waals surface area contributed by atoms with Gasteiger partial charge in [-0.15, -0.1) is 0 Å². The molecule has 24 heavy (non-hydrogen) atoms. The van der Waals surface area contributed by atoms with E-state index in [1.807, 2.05) is 11.0 Å². The summed E-state index contributed by atoms with van der Waals surface area (Å²) < 4.78 is 0. The van der Waals surface area contributed by atoms with Gasteiger partial charge in [0.25, 0.3) is 0 Å². The van der Waals surface area contributed by atoms with E-state index in [1.54, 1.807) is 0 Å². The first-order valence-electron chi connectivity index (χ1n) is 9.28. The molecule has 2 amide bonds. The Balaban J connectivity index is 1.46. The van der Waals surface area contributed by atoms with Crippen molar-refractivity contribution in [3.8, 4) is 0 Å². The number of benzene rings is 1. The third-order valence-corrected chi connectivity index (χ3v) is 6.19. The predicted molar refractivity (Wildman–Crippen MR) is 95.8 cm³/mol. The molecule has 132 valence electrons. The molecule has 1 aromatic carbocycles. The van der Waals surface area contributed by atoms with Crippen LogP contribution in [0.1, 0.15) is 44.6 Å². The zero-order valence-corrected chi connectivity index (χ0v) is 14.8. The van der Waals surface area contributed by atoms with Crippen LogP contribution in [0.5, 0.6) is 0 Å². The van der Waals surface area contributed by atoms with Crippen LogP contribution < -0.4 is 5.32 Å². The largest absolute Gasteiger partial charge is 0.396 e. The Morgan fingerprint density at radius 3 is 2.33 bits per heavy atom. The summed E-state index contributed by atoms with van der Waals surface area (Å²) in [7, 11) is 0. The number of amides is 2. The lowest BCUT2D eigenvalue weighted by molar-refractivity contribution is 0.0517. The number of hydrogen-bond donors (Lipinski definition) is 2. The summed E-state index contributed by atoms with van der Waals surface area (Å²) in [6.45, 7) is 4.65. The molecule has 2 aliphatic rings. The number of carbonyl (C=O) groups excluding carboxylic acids is 1. The second kappa shape index (κ2) is 7.14. The highest BCUT2D eigenvalue weighted by Gasteiger charge is 2.43. The number of likely N-dealkylation sites (tertiary alicyclic amines) is 1. The van der Waals surface area contributed by atoms with Crippen LogP contribution in [0.4, 0.5) is 4.79 Å². The smallest absolute Gasteiger partial charge is 0.317 e. The number of nitrogens with one attached hydrogen (secondary N) is 1. The topological polar surface area (TPSA) is 52.6 Å². The Bertz CT molecular complexity index is 540. The number of hydrogen-bond acceptors (Lipinski definition) is 2. The quantitative estimate of drug-likeness (QED) is 0.841. The van der Waals surface area contributed by atoms with Crippen molar-refractivity contribution in [2.24, 2.45) is 10.8 Å². The highest BCUT2D eigenvalue weighted by Crippen LogP contribution is 2.47. The molecule has 3 rings (SSSR count). The second-order valence-corrected chi connectivity index (χ2v) is 7.82. The van der Waals surface area contributed by atoms with E-state index in [1.165, 1.54) is 18.4 Å². The van der Waals surface area contributed by atoms with Gasteiger partial charge in [0.2, 0.25) is 0 Å². The number of aliphatic hydroxyl groups excluding tert-OH is 1. The highest BCUT2D eigenvalue weighted by molar-refractivity contribution is 5.74. The van der Waals surface area contributed by atoms with E-state index >= 15 is 0 Å². The monoisotopic (exact) mass is 330 g/mol. The highest BCUT2D eigenvalue weighted by atomic mass is 16.3. The van der Waals surface area contributed by atoms with Crippen molar-refractivity contribution >= 4 is 6.03 Å². The Hall–Kier alpha value is -1.55. The maximum Gasteiger partial charge on any atom is 0.317 e.